The van der Waals surface area contributed by atoms with Crippen molar-refractivity contribution in [3.63, 3.8) is 0 Å². The molecule has 1 aliphatic carbocycles. The molecule has 5 atom stereocenters. The van der Waals surface area contributed by atoms with Gasteiger partial charge in [0.25, 0.3) is 5.91 Å². The van der Waals surface area contributed by atoms with Crippen LogP contribution < -0.4 is 15.8 Å². The molecular formula is C27H29Cl2N5O6S. The molecule has 1 unspecified atom stereocenters. The van der Waals surface area contributed by atoms with Gasteiger partial charge in [0, 0.05) is 27.7 Å². The molecular weight excluding hydrogens is 593 g/mol. The van der Waals surface area contributed by atoms with E-state index >= 15 is 0 Å². The van der Waals surface area contributed by atoms with Crippen LogP contribution in [0.4, 0.5) is 0 Å². The van der Waals surface area contributed by atoms with Crippen molar-refractivity contribution in [2.45, 2.75) is 62.7 Å². The van der Waals surface area contributed by atoms with E-state index in [0.717, 1.165) is 19.1 Å². The second-order valence-corrected chi connectivity index (χ2v) is 13.1. The molecule has 0 saturated heterocycles. The molecule has 14 heteroatoms. The number of hydrogen-bond donors (Lipinski definition) is 3. The van der Waals surface area contributed by atoms with Gasteiger partial charge in [0.15, 0.2) is 5.82 Å². The smallest absolute Gasteiger partial charge is 0.346 e. The monoisotopic (exact) mass is 621 g/mol. The van der Waals surface area contributed by atoms with E-state index < -0.39 is 51.8 Å². The first-order chi connectivity index (χ1) is 19.4. The van der Waals surface area contributed by atoms with Crippen molar-refractivity contribution in [2.24, 2.45) is 0 Å². The fourth-order valence-corrected chi connectivity index (χ4v) is 7.27. The van der Waals surface area contributed by atoms with Crippen molar-refractivity contribution in [1.82, 2.24) is 25.1 Å². The lowest BCUT2D eigenvalue weighted by Crippen LogP contribution is -2.59. The predicted octanol–water partition coefficient (Wildman–Crippen LogP) is 3.69. The van der Waals surface area contributed by atoms with Crippen LogP contribution in [0, 0.1) is 0 Å². The number of aromatic nitrogens is 2. The molecule has 11 nitrogen and oxygen atoms in total. The van der Waals surface area contributed by atoms with Gasteiger partial charge >= 0.3 is 5.76 Å². The van der Waals surface area contributed by atoms with Gasteiger partial charge in [0.1, 0.15) is 0 Å². The molecule has 3 aromatic rings. The summed E-state index contributed by atoms with van der Waals surface area (Å²) in [5.74, 6) is -2.36. The first-order valence-electron chi connectivity index (χ1n) is 13.1. The summed E-state index contributed by atoms with van der Waals surface area (Å²) in [6.45, 7) is 1.64. The highest BCUT2D eigenvalue weighted by Gasteiger charge is 2.49. The van der Waals surface area contributed by atoms with Gasteiger partial charge in [0.2, 0.25) is 15.9 Å². The average Bonchev–Trinajstić information content (AvgIpc) is 3.35. The summed E-state index contributed by atoms with van der Waals surface area (Å²) in [6, 6.07) is 8.95. The molecule has 0 radical (unpaired) electrons. The second-order valence-electron chi connectivity index (χ2n) is 10.4. The molecule has 3 N–H and O–H groups in total. The van der Waals surface area contributed by atoms with Crippen LogP contribution in [0.2, 0.25) is 10.0 Å². The fraction of sp³-hybridized carbons (Fsp3) is 0.407. The minimum absolute atomic E-state index is 0.131. The molecule has 1 fully saturated rings. The molecule has 1 aliphatic heterocycles. The fourth-order valence-electron chi connectivity index (χ4n) is 5.93. The SMILES string of the molecule is CC(NC(=O)[C@@H]1c2ccccc2C(=O)N([C@H]2CCCC[C@@H]2NS(C)(=O)=O)[C@H]1c1ccc(Cl)cc1Cl)c1noc(=O)[nH]1. The zero-order valence-corrected chi connectivity index (χ0v) is 24.6. The molecule has 0 spiro atoms. The molecule has 1 aromatic heterocycles. The van der Waals surface area contributed by atoms with Crippen molar-refractivity contribution >= 4 is 45.0 Å². The lowest BCUT2D eigenvalue weighted by Gasteiger charge is -2.49. The highest BCUT2D eigenvalue weighted by Crippen LogP contribution is 2.48. The van der Waals surface area contributed by atoms with Crippen LogP contribution in [-0.4, -0.2) is 53.6 Å². The standard InChI is InChI=1S/C27H29Cl2N5O6S/c1-14(24-31-27(37)40-32-24)30-25(35)22-16-7-3-4-8-17(16)26(36)34(23(22)18-12-11-15(28)13-19(18)29)21-10-6-5-9-20(21)33-41(2,38)39/h3-4,7-8,11-14,20-23,33H,5-6,9-10H2,1-2H3,(H,30,35)(H,31,32,37)/t14?,20-,21-,22+,23-/m0/s1. The van der Waals surface area contributed by atoms with Crippen LogP contribution in [0.25, 0.3) is 0 Å². The number of hydrogen-bond acceptors (Lipinski definition) is 7. The Labute approximate surface area is 246 Å². The zero-order valence-electron chi connectivity index (χ0n) is 22.3. The summed E-state index contributed by atoms with van der Waals surface area (Å²) >= 11 is 12.9. The highest BCUT2D eigenvalue weighted by molar-refractivity contribution is 7.88. The number of nitrogens with one attached hydrogen (secondary N) is 3. The van der Waals surface area contributed by atoms with Crippen molar-refractivity contribution < 1.29 is 22.5 Å². The Morgan fingerprint density at radius 2 is 1.85 bits per heavy atom. The summed E-state index contributed by atoms with van der Waals surface area (Å²) in [6.07, 6.45) is 3.69. The average molecular weight is 623 g/mol. The van der Waals surface area contributed by atoms with E-state index in [0.29, 0.717) is 34.6 Å². The summed E-state index contributed by atoms with van der Waals surface area (Å²) in [5.41, 5.74) is 1.32. The normalized spacial score (nSPS) is 23.6. The maximum absolute atomic E-state index is 14.3. The molecule has 218 valence electrons. The number of halogens is 2. The Morgan fingerprint density at radius 3 is 2.54 bits per heavy atom. The van der Waals surface area contributed by atoms with E-state index in [1.807, 2.05) is 0 Å². The minimum Gasteiger partial charge on any atom is -0.346 e. The number of H-pyrrole nitrogens is 1. The van der Waals surface area contributed by atoms with Gasteiger partial charge < -0.3 is 10.2 Å². The van der Waals surface area contributed by atoms with E-state index in [9.17, 15) is 22.8 Å². The Balaban J connectivity index is 1.67. The maximum Gasteiger partial charge on any atom is 0.438 e. The Kier molecular flexibility index (Phi) is 8.29. The second kappa shape index (κ2) is 11.6. The first-order valence-corrected chi connectivity index (χ1v) is 15.8. The summed E-state index contributed by atoms with van der Waals surface area (Å²) < 4.78 is 32.0. The summed E-state index contributed by atoms with van der Waals surface area (Å²) in [5, 5.41) is 7.21. The number of benzene rings is 2. The molecule has 0 bridgehead atoms. The molecule has 2 aliphatic rings. The van der Waals surface area contributed by atoms with Gasteiger partial charge in [-0.3, -0.25) is 19.1 Å². The van der Waals surface area contributed by atoms with Crippen LogP contribution in [0.1, 0.15) is 77.9 Å². The van der Waals surface area contributed by atoms with E-state index in [2.05, 4.69) is 24.7 Å². The molecule has 5 rings (SSSR count). The first kappa shape index (κ1) is 29.3. The lowest BCUT2D eigenvalue weighted by atomic mass is 9.76. The quantitative estimate of drug-likeness (QED) is 0.363. The zero-order chi connectivity index (χ0) is 29.5. The summed E-state index contributed by atoms with van der Waals surface area (Å²) in [7, 11) is -3.60. The van der Waals surface area contributed by atoms with Gasteiger partial charge in [-0.25, -0.2) is 17.9 Å². The lowest BCUT2D eigenvalue weighted by molar-refractivity contribution is -0.125. The Morgan fingerprint density at radius 1 is 1.12 bits per heavy atom. The number of fused-ring (bicyclic) bond motifs is 1. The number of amides is 2. The number of rotatable bonds is 7. The minimum atomic E-state index is -3.60. The predicted molar refractivity (Wildman–Crippen MR) is 152 cm³/mol. The van der Waals surface area contributed by atoms with Crippen molar-refractivity contribution in [3.05, 3.63) is 85.6 Å². The van der Waals surface area contributed by atoms with Gasteiger partial charge in [-0.2, -0.15) is 0 Å². The Hall–Kier alpha value is -3.19. The van der Waals surface area contributed by atoms with Gasteiger partial charge in [0.05, 0.1) is 24.3 Å². The topological polar surface area (TPSA) is 154 Å². The maximum atomic E-state index is 14.3. The van der Waals surface area contributed by atoms with Gasteiger partial charge in [-0.05, 0) is 49.1 Å². The van der Waals surface area contributed by atoms with Crippen LogP contribution in [0.3, 0.4) is 0 Å². The van der Waals surface area contributed by atoms with Crippen molar-refractivity contribution in [2.75, 3.05) is 6.26 Å². The van der Waals surface area contributed by atoms with Crippen molar-refractivity contribution in [3.8, 4) is 0 Å². The van der Waals surface area contributed by atoms with Crippen LogP contribution in [-0.2, 0) is 14.8 Å². The Bertz CT molecular complexity index is 1640. The molecule has 2 heterocycles. The number of carbonyl (C=O) groups excluding carboxylic acids is 2. The van der Waals surface area contributed by atoms with Crippen LogP contribution >= 0.6 is 23.2 Å². The number of aromatic amines is 1. The number of nitrogens with zero attached hydrogens (tertiary/aromatic N) is 2. The summed E-state index contributed by atoms with van der Waals surface area (Å²) in [4.78, 5) is 44.0. The molecule has 1 saturated carbocycles. The van der Waals surface area contributed by atoms with E-state index in [4.69, 9.17) is 23.2 Å². The largest absolute Gasteiger partial charge is 0.438 e. The third kappa shape index (κ3) is 6.06. The van der Waals surface area contributed by atoms with E-state index in [1.54, 1.807) is 54.3 Å². The molecule has 2 aromatic carbocycles. The number of carbonyl (C=O) groups is 2. The van der Waals surface area contributed by atoms with E-state index in [-0.39, 0.29) is 16.8 Å². The van der Waals surface area contributed by atoms with Crippen LogP contribution in [0.5, 0.6) is 0 Å². The molecule has 41 heavy (non-hydrogen) atoms. The van der Waals surface area contributed by atoms with Crippen LogP contribution in [0.15, 0.2) is 51.8 Å². The van der Waals surface area contributed by atoms with Crippen molar-refractivity contribution in [1.29, 1.82) is 0 Å². The van der Waals surface area contributed by atoms with E-state index in [1.165, 1.54) is 0 Å². The van der Waals surface area contributed by atoms with Gasteiger partial charge in [-0.15, -0.1) is 0 Å². The van der Waals surface area contributed by atoms with Gasteiger partial charge in [-0.1, -0.05) is 65.5 Å². The third-order valence-corrected chi connectivity index (χ3v) is 8.91. The highest BCUT2D eigenvalue weighted by atomic mass is 35.5. The molecule has 2 amide bonds. The third-order valence-electron chi connectivity index (χ3n) is 7.62. The number of sulfonamides is 1.